The van der Waals surface area contributed by atoms with E-state index in [1.165, 1.54) is 19.1 Å². The van der Waals surface area contributed by atoms with Crippen LogP contribution in [-0.4, -0.2) is 21.8 Å². The van der Waals surface area contributed by atoms with Gasteiger partial charge in [-0.15, -0.1) is 0 Å². The molecule has 0 saturated heterocycles. The molecule has 0 radical (unpaired) electrons. The van der Waals surface area contributed by atoms with Crippen LogP contribution in [0.25, 0.3) is 0 Å². The molecule has 0 aromatic heterocycles. The highest BCUT2D eigenvalue weighted by Gasteiger charge is 2.34. The SMILES string of the molecule is CC(=O)Oc1ccccc1C(=O)NC(Nc1ccccc1)C(Cl)(Cl)Cl. The number of rotatable bonds is 5. The molecule has 0 spiro atoms. The number of ether oxygens (including phenoxy) is 1. The molecule has 2 aromatic rings. The third-order valence-corrected chi connectivity index (χ3v) is 3.73. The summed E-state index contributed by atoms with van der Waals surface area (Å²) in [7, 11) is 0. The molecular weight excluding hydrogens is 387 g/mol. The first-order valence-electron chi connectivity index (χ1n) is 7.24. The first-order valence-corrected chi connectivity index (χ1v) is 8.37. The van der Waals surface area contributed by atoms with Gasteiger partial charge in [0.25, 0.3) is 5.91 Å². The van der Waals surface area contributed by atoms with Gasteiger partial charge in [0.15, 0.2) is 0 Å². The predicted octanol–water partition coefficient (Wildman–Crippen LogP) is 4.15. The first kappa shape index (κ1) is 19.4. The maximum Gasteiger partial charge on any atom is 0.308 e. The quantitative estimate of drug-likeness (QED) is 0.342. The highest BCUT2D eigenvalue weighted by molar-refractivity contribution is 6.68. The van der Waals surface area contributed by atoms with Crippen LogP contribution >= 0.6 is 34.8 Å². The molecule has 2 N–H and O–H groups in total. The molecule has 2 aromatic carbocycles. The molecule has 0 bridgehead atoms. The van der Waals surface area contributed by atoms with E-state index in [1.54, 1.807) is 36.4 Å². The van der Waals surface area contributed by atoms with Crippen molar-refractivity contribution >= 4 is 52.4 Å². The average molecular weight is 402 g/mol. The van der Waals surface area contributed by atoms with Crippen LogP contribution in [0.15, 0.2) is 54.6 Å². The Balaban J connectivity index is 2.22. The van der Waals surface area contributed by atoms with Crippen molar-refractivity contribution in [1.29, 1.82) is 0 Å². The van der Waals surface area contributed by atoms with Gasteiger partial charge in [-0.3, -0.25) is 9.59 Å². The Morgan fingerprint density at radius 3 is 2.20 bits per heavy atom. The summed E-state index contributed by atoms with van der Waals surface area (Å²) < 4.78 is 3.22. The van der Waals surface area contributed by atoms with Crippen molar-refractivity contribution in [1.82, 2.24) is 5.32 Å². The van der Waals surface area contributed by atoms with E-state index in [0.717, 1.165) is 0 Å². The van der Waals surface area contributed by atoms with E-state index in [9.17, 15) is 9.59 Å². The Labute approximate surface area is 160 Å². The number of nitrogens with one attached hydrogen (secondary N) is 2. The summed E-state index contributed by atoms with van der Waals surface area (Å²) >= 11 is 17.9. The Bertz CT molecular complexity index is 748. The smallest absolute Gasteiger partial charge is 0.308 e. The number of halogens is 3. The van der Waals surface area contributed by atoms with Crippen molar-refractivity contribution in [3.8, 4) is 5.75 Å². The number of anilines is 1. The maximum atomic E-state index is 12.6. The largest absolute Gasteiger partial charge is 0.426 e. The molecule has 25 heavy (non-hydrogen) atoms. The minimum absolute atomic E-state index is 0.121. The van der Waals surface area contributed by atoms with Gasteiger partial charge in [0.2, 0.25) is 3.79 Å². The fourth-order valence-corrected chi connectivity index (χ4v) is 2.34. The fraction of sp³-hybridized carbons (Fsp3) is 0.176. The zero-order valence-electron chi connectivity index (χ0n) is 13.1. The zero-order valence-corrected chi connectivity index (χ0v) is 15.4. The molecule has 0 aliphatic carbocycles. The van der Waals surface area contributed by atoms with Crippen molar-refractivity contribution in [3.05, 3.63) is 60.2 Å². The van der Waals surface area contributed by atoms with Crippen molar-refractivity contribution < 1.29 is 14.3 Å². The van der Waals surface area contributed by atoms with Crippen LogP contribution in [0.5, 0.6) is 5.75 Å². The second kappa shape index (κ2) is 8.43. The monoisotopic (exact) mass is 400 g/mol. The summed E-state index contributed by atoms with van der Waals surface area (Å²) in [5.41, 5.74) is 0.805. The number of para-hydroxylation sites is 2. The Morgan fingerprint density at radius 1 is 1.00 bits per heavy atom. The number of amides is 1. The van der Waals surface area contributed by atoms with E-state index in [2.05, 4.69) is 10.6 Å². The zero-order chi connectivity index (χ0) is 18.4. The van der Waals surface area contributed by atoms with E-state index in [4.69, 9.17) is 39.5 Å². The van der Waals surface area contributed by atoms with Crippen LogP contribution in [0.1, 0.15) is 17.3 Å². The van der Waals surface area contributed by atoms with Crippen LogP contribution < -0.4 is 15.4 Å². The molecule has 0 aliphatic rings. The van der Waals surface area contributed by atoms with Gasteiger partial charge in [-0.1, -0.05) is 65.1 Å². The molecular formula is C17H15Cl3N2O3. The molecule has 0 aliphatic heterocycles. The minimum Gasteiger partial charge on any atom is -0.426 e. The molecule has 8 heteroatoms. The van der Waals surface area contributed by atoms with Crippen LogP contribution in [0, 0.1) is 0 Å². The van der Waals surface area contributed by atoms with Gasteiger partial charge in [-0.2, -0.15) is 0 Å². The van der Waals surface area contributed by atoms with Gasteiger partial charge in [-0.25, -0.2) is 0 Å². The number of esters is 1. The Kier molecular flexibility index (Phi) is 6.53. The number of carbonyl (C=O) groups is 2. The third kappa shape index (κ3) is 5.81. The van der Waals surface area contributed by atoms with Crippen LogP contribution in [0.4, 0.5) is 5.69 Å². The van der Waals surface area contributed by atoms with Crippen molar-refractivity contribution in [2.45, 2.75) is 16.9 Å². The summed E-state index contributed by atoms with van der Waals surface area (Å²) in [6.45, 7) is 1.25. The molecule has 5 nitrogen and oxygen atoms in total. The highest BCUT2D eigenvalue weighted by Crippen LogP contribution is 2.31. The van der Waals surface area contributed by atoms with E-state index in [-0.39, 0.29) is 11.3 Å². The van der Waals surface area contributed by atoms with Gasteiger partial charge < -0.3 is 15.4 Å². The van der Waals surface area contributed by atoms with E-state index in [0.29, 0.717) is 5.69 Å². The lowest BCUT2D eigenvalue weighted by atomic mass is 10.2. The van der Waals surface area contributed by atoms with Crippen molar-refractivity contribution in [2.24, 2.45) is 0 Å². The maximum absolute atomic E-state index is 12.6. The van der Waals surface area contributed by atoms with Crippen LogP contribution in [0.3, 0.4) is 0 Å². The number of hydrogen-bond donors (Lipinski definition) is 2. The van der Waals surface area contributed by atoms with E-state index >= 15 is 0 Å². The lowest BCUT2D eigenvalue weighted by molar-refractivity contribution is -0.131. The number of hydrogen-bond acceptors (Lipinski definition) is 4. The molecule has 1 amide bonds. The topological polar surface area (TPSA) is 67.4 Å². The van der Waals surface area contributed by atoms with E-state index in [1.807, 2.05) is 6.07 Å². The fourth-order valence-electron chi connectivity index (χ4n) is 2.01. The summed E-state index contributed by atoms with van der Waals surface area (Å²) in [5.74, 6) is -0.979. The van der Waals surface area contributed by atoms with Gasteiger partial charge in [0.1, 0.15) is 11.9 Å². The predicted molar refractivity (Wildman–Crippen MR) is 99.4 cm³/mol. The highest BCUT2D eigenvalue weighted by atomic mass is 35.6. The molecule has 0 saturated carbocycles. The summed E-state index contributed by atoms with van der Waals surface area (Å²) in [5, 5.41) is 5.54. The van der Waals surface area contributed by atoms with Crippen molar-refractivity contribution in [2.75, 3.05) is 5.32 Å². The molecule has 1 atom stereocenters. The summed E-state index contributed by atoms with van der Waals surface area (Å²) in [4.78, 5) is 23.8. The lowest BCUT2D eigenvalue weighted by Crippen LogP contribution is -2.49. The molecule has 0 fully saturated rings. The van der Waals surface area contributed by atoms with Crippen LogP contribution in [-0.2, 0) is 4.79 Å². The van der Waals surface area contributed by atoms with Gasteiger partial charge >= 0.3 is 5.97 Å². The van der Waals surface area contributed by atoms with Crippen LogP contribution in [0.2, 0.25) is 0 Å². The number of carbonyl (C=O) groups excluding carboxylic acids is 2. The standard InChI is InChI=1S/C17H15Cl3N2O3/c1-11(23)25-14-10-6-5-9-13(14)15(24)22-16(17(18,19)20)21-12-7-3-2-4-8-12/h2-10,16,21H,1H3,(H,22,24). The second-order valence-corrected chi connectivity index (χ2v) is 7.42. The lowest BCUT2D eigenvalue weighted by Gasteiger charge is -2.27. The van der Waals surface area contributed by atoms with Crippen molar-refractivity contribution in [3.63, 3.8) is 0 Å². The minimum atomic E-state index is -1.82. The number of alkyl halides is 3. The normalized spacial score (nSPS) is 12.2. The summed E-state index contributed by atoms with van der Waals surface area (Å²) in [6, 6.07) is 15.3. The van der Waals surface area contributed by atoms with Gasteiger partial charge in [-0.05, 0) is 24.3 Å². The third-order valence-electron chi connectivity index (χ3n) is 3.07. The summed E-state index contributed by atoms with van der Waals surface area (Å²) in [6.07, 6.45) is -1.02. The molecule has 0 heterocycles. The molecule has 1 unspecified atom stereocenters. The number of benzene rings is 2. The van der Waals surface area contributed by atoms with Gasteiger partial charge in [0, 0.05) is 12.6 Å². The first-order chi connectivity index (χ1) is 11.8. The molecule has 132 valence electrons. The average Bonchev–Trinajstić information content (AvgIpc) is 2.54. The second-order valence-electron chi connectivity index (χ2n) is 5.05. The van der Waals surface area contributed by atoms with Gasteiger partial charge in [0.05, 0.1) is 5.56 Å². The Hall–Kier alpha value is -1.95. The Morgan fingerprint density at radius 2 is 1.60 bits per heavy atom. The molecule has 2 rings (SSSR count). The van der Waals surface area contributed by atoms with E-state index < -0.39 is 21.8 Å².